The highest BCUT2D eigenvalue weighted by Crippen LogP contribution is 2.40. The molecule has 0 saturated carbocycles. The summed E-state index contributed by atoms with van der Waals surface area (Å²) in [6, 6.07) is 12.9. The quantitative estimate of drug-likeness (QED) is 0.399. The van der Waals surface area contributed by atoms with Gasteiger partial charge in [-0.25, -0.2) is 0 Å². The molecule has 0 spiro atoms. The molecule has 1 saturated heterocycles. The van der Waals surface area contributed by atoms with Gasteiger partial charge in [-0.05, 0) is 56.9 Å². The lowest BCUT2D eigenvalue weighted by atomic mass is 9.92. The third-order valence-corrected chi connectivity index (χ3v) is 5.68. The summed E-state index contributed by atoms with van der Waals surface area (Å²) in [5, 5.41) is 11.2. The highest BCUT2D eigenvalue weighted by atomic mass is 16.5. The van der Waals surface area contributed by atoms with Crippen molar-refractivity contribution >= 4 is 17.4 Å². The molecule has 1 aliphatic rings. The second kappa shape index (κ2) is 9.48. The Morgan fingerprint density at radius 2 is 1.77 bits per heavy atom. The third-order valence-electron chi connectivity index (χ3n) is 5.68. The van der Waals surface area contributed by atoms with E-state index in [0.717, 1.165) is 23.1 Å². The summed E-state index contributed by atoms with van der Waals surface area (Å²) < 4.78 is 5.64. The molecule has 2 aromatic carbocycles. The highest BCUT2D eigenvalue weighted by molar-refractivity contribution is 6.46. The van der Waals surface area contributed by atoms with Crippen LogP contribution >= 0.6 is 0 Å². The molecule has 1 atom stereocenters. The number of benzene rings is 2. The van der Waals surface area contributed by atoms with Crippen molar-refractivity contribution in [3.63, 3.8) is 0 Å². The fourth-order valence-corrected chi connectivity index (χ4v) is 3.92. The number of likely N-dealkylation sites (tertiary alicyclic amines) is 1. The molecule has 2 aromatic rings. The van der Waals surface area contributed by atoms with Gasteiger partial charge >= 0.3 is 0 Å². The number of carbonyl (C=O) groups is 2. The number of hydrogen-bond acceptors (Lipinski definition) is 4. The number of Topliss-reactive ketones (excluding diaryl/α,β-unsaturated/α-hetero) is 1. The molecule has 0 aromatic heterocycles. The van der Waals surface area contributed by atoms with Crippen molar-refractivity contribution in [3.8, 4) is 0 Å². The molecule has 5 nitrogen and oxygen atoms in total. The number of nitrogens with zero attached hydrogens (tertiary/aromatic N) is 1. The summed E-state index contributed by atoms with van der Waals surface area (Å²) in [4.78, 5) is 27.6. The van der Waals surface area contributed by atoms with Gasteiger partial charge in [-0.2, -0.15) is 0 Å². The second-order valence-corrected chi connectivity index (χ2v) is 8.33. The zero-order valence-electron chi connectivity index (χ0n) is 18.9. The molecule has 1 heterocycles. The Labute approximate surface area is 184 Å². The van der Waals surface area contributed by atoms with Crippen molar-refractivity contribution in [1.29, 1.82) is 0 Å². The first-order valence-corrected chi connectivity index (χ1v) is 10.8. The van der Waals surface area contributed by atoms with Gasteiger partial charge in [0.1, 0.15) is 5.76 Å². The van der Waals surface area contributed by atoms with Gasteiger partial charge in [0.2, 0.25) is 0 Å². The smallest absolute Gasteiger partial charge is 0.295 e. The predicted molar refractivity (Wildman–Crippen MR) is 122 cm³/mol. The monoisotopic (exact) mass is 421 g/mol. The number of aliphatic hydroxyl groups is 1. The third kappa shape index (κ3) is 4.72. The maximum Gasteiger partial charge on any atom is 0.295 e. The molecule has 5 heteroatoms. The van der Waals surface area contributed by atoms with Crippen LogP contribution in [0.1, 0.15) is 54.6 Å². The molecule has 0 bridgehead atoms. The maximum absolute atomic E-state index is 13.1. The molecular weight excluding hydrogens is 390 g/mol. The molecule has 1 fully saturated rings. The van der Waals surface area contributed by atoms with Gasteiger partial charge in [-0.3, -0.25) is 9.59 Å². The molecule has 1 unspecified atom stereocenters. The number of aliphatic hydroxyl groups excluding tert-OH is 1. The van der Waals surface area contributed by atoms with Crippen LogP contribution in [-0.2, 0) is 20.7 Å². The van der Waals surface area contributed by atoms with Crippen LogP contribution in [0.4, 0.5) is 0 Å². The minimum absolute atomic E-state index is 0.0223. The molecule has 3 rings (SSSR count). The molecular formula is C26H31NO4. The predicted octanol–water partition coefficient (Wildman–Crippen LogP) is 4.71. The number of ether oxygens (including phenoxy) is 1. The van der Waals surface area contributed by atoms with E-state index in [9.17, 15) is 14.7 Å². The van der Waals surface area contributed by atoms with Crippen LogP contribution in [0.3, 0.4) is 0 Å². The molecule has 31 heavy (non-hydrogen) atoms. The van der Waals surface area contributed by atoms with Gasteiger partial charge in [0, 0.05) is 12.1 Å². The van der Waals surface area contributed by atoms with E-state index in [-0.39, 0.29) is 24.0 Å². The fraction of sp³-hybridized carbons (Fsp3) is 0.385. The van der Waals surface area contributed by atoms with E-state index in [2.05, 4.69) is 6.92 Å². The minimum atomic E-state index is -0.660. The van der Waals surface area contributed by atoms with Crippen LogP contribution in [0.15, 0.2) is 48.0 Å². The van der Waals surface area contributed by atoms with E-state index < -0.39 is 17.7 Å². The largest absolute Gasteiger partial charge is 0.507 e. The Balaban J connectivity index is 2.13. The summed E-state index contributed by atoms with van der Waals surface area (Å²) in [5.74, 6) is -1.40. The highest BCUT2D eigenvalue weighted by Gasteiger charge is 2.46. The second-order valence-electron chi connectivity index (χ2n) is 8.33. The van der Waals surface area contributed by atoms with E-state index in [1.54, 1.807) is 0 Å². The van der Waals surface area contributed by atoms with Crippen molar-refractivity contribution in [2.45, 2.75) is 53.2 Å². The van der Waals surface area contributed by atoms with Gasteiger partial charge in [0.05, 0.1) is 24.3 Å². The van der Waals surface area contributed by atoms with Crippen LogP contribution in [0, 0.1) is 13.8 Å². The van der Waals surface area contributed by atoms with Crippen LogP contribution in [-0.4, -0.2) is 41.0 Å². The normalized spacial score (nSPS) is 18.3. The van der Waals surface area contributed by atoms with E-state index in [4.69, 9.17) is 4.74 Å². The summed E-state index contributed by atoms with van der Waals surface area (Å²) in [5.41, 5.74) is 4.48. The van der Waals surface area contributed by atoms with E-state index in [0.29, 0.717) is 12.2 Å². The molecule has 1 amide bonds. The lowest BCUT2D eigenvalue weighted by Gasteiger charge is -2.26. The van der Waals surface area contributed by atoms with Crippen molar-refractivity contribution in [2.24, 2.45) is 0 Å². The Hall–Kier alpha value is -2.92. The van der Waals surface area contributed by atoms with Crippen LogP contribution in [0.5, 0.6) is 0 Å². The van der Waals surface area contributed by atoms with Crippen molar-refractivity contribution in [2.75, 3.05) is 13.2 Å². The van der Waals surface area contributed by atoms with Gasteiger partial charge in [-0.1, -0.05) is 48.9 Å². The first-order valence-electron chi connectivity index (χ1n) is 10.8. The molecule has 1 aliphatic heterocycles. The van der Waals surface area contributed by atoms with Gasteiger partial charge in [-0.15, -0.1) is 0 Å². The van der Waals surface area contributed by atoms with Crippen LogP contribution < -0.4 is 0 Å². The van der Waals surface area contributed by atoms with Crippen molar-refractivity contribution in [3.05, 3.63) is 75.9 Å². The zero-order valence-corrected chi connectivity index (χ0v) is 18.9. The zero-order chi connectivity index (χ0) is 22.7. The number of hydrogen-bond donors (Lipinski definition) is 1. The summed E-state index contributed by atoms with van der Waals surface area (Å²) in [6.45, 7) is 10.3. The lowest BCUT2D eigenvalue weighted by molar-refractivity contribution is -0.140. The molecule has 0 aliphatic carbocycles. The number of ketones is 1. The standard InChI is InChI=1S/C26H31NO4/c1-6-19-9-11-20(12-10-19)23-22(24(28)21-15-17(4)7-8-18(21)5)25(29)26(30)27(23)13-14-31-16(2)3/h7-12,15-16,23,28H,6,13-14H2,1-5H3/b24-22+. The fourth-order valence-electron chi connectivity index (χ4n) is 3.92. The summed E-state index contributed by atoms with van der Waals surface area (Å²) in [6.07, 6.45) is 0.916. The van der Waals surface area contributed by atoms with E-state index >= 15 is 0 Å². The van der Waals surface area contributed by atoms with Crippen LogP contribution in [0.2, 0.25) is 0 Å². The minimum Gasteiger partial charge on any atom is -0.507 e. The van der Waals surface area contributed by atoms with Crippen molar-refractivity contribution in [1.82, 2.24) is 4.90 Å². The Morgan fingerprint density at radius 1 is 1.10 bits per heavy atom. The Kier molecular flexibility index (Phi) is 6.96. The van der Waals surface area contributed by atoms with Gasteiger partial charge in [0.15, 0.2) is 0 Å². The topological polar surface area (TPSA) is 66.8 Å². The molecule has 164 valence electrons. The first-order chi connectivity index (χ1) is 14.7. The number of rotatable bonds is 7. The number of aryl methyl sites for hydroxylation is 3. The maximum atomic E-state index is 13.1. The molecule has 1 N–H and O–H groups in total. The number of carbonyl (C=O) groups excluding carboxylic acids is 2. The lowest BCUT2D eigenvalue weighted by Crippen LogP contribution is -2.33. The Morgan fingerprint density at radius 3 is 2.39 bits per heavy atom. The van der Waals surface area contributed by atoms with Crippen LogP contribution in [0.25, 0.3) is 5.76 Å². The average Bonchev–Trinajstić information content (AvgIpc) is 2.99. The Bertz CT molecular complexity index is 1000. The van der Waals surface area contributed by atoms with E-state index in [1.165, 1.54) is 10.5 Å². The van der Waals surface area contributed by atoms with Gasteiger partial charge in [0.25, 0.3) is 11.7 Å². The molecule has 0 radical (unpaired) electrons. The van der Waals surface area contributed by atoms with Gasteiger partial charge < -0.3 is 14.7 Å². The van der Waals surface area contributed by atoms with E-state index in [1.807, 2.05) is 70.2 Å². The number of amides is 1. The average molecular weight is 422 g/mol. The summed E-state index contributed by atoms with van der Waals surface area (Å²) in [7, 11) is 0. The first kappa shape index (κ1) is 22.8. The summed E-state index contributed by atoms with van der Waals surface area (Å²) >= 11 is 0. The SMILES string of the molecule is CCc1ccc(C2/C(=C(\O)c3cc(C)ccc3C)C(=O)C(=O)N2CCOC(C)C)cc1. The van der Waals surface area contributed by atoms with Crippen molar-refractivity contribution < 1.29 is 19.4 Å².